The third-order valence-electron chi connectivity index (χ3n) is 6.77. The summed E-state index contributed by atoms with van der Waals surface area (Å²) in [7, 11) is 0. The van der Waals surface area contributed by atoms with Crippen LogP contribution in [0.15, 0.2) is 83.6 Å². The van der Waals surface area contributed by atoms with E-state index in [-0.39, 0.29) is 11.7 Å². The molecule has 0 unspecified atom stereocenters. The zero-order valence-corrected chi connectivity index (χ0v) is 23.4. The minimum absolute atomic E-state index is 0.0948. The molecule has 11 heteroatoms. The average molecular weight is 572 g/mol. The topological polar surface area (TPSA) is 80.0 Å². The third-order valence-corrected chi connectivity index (χ3v) is 8.74. The van der Waals surface area contributed by atoms with Gasteiger partial charge in [0.2, 0.25) is 0 Å². The van der Waals surface area contributed by atoms with Crippen molar-refractivity contribution in [1.82, 2.24) is 29.6 Å². The lowest BCUT2D eigenvalue weighted by molar-refractivity contribution is 0.0741. The summed E-state index contributed by atoms with van der Waals surface area (Å²) in [5.41, 5.74) is 4.00. The molecule has 0 spiro atoms. The van der Waals surface area contributed by atoms with Crippen LogP contribution in [0.4, 0.5) is 10.1 Å². The number of anilines is 1. The van der Waals surface area contributed by atoms with Crippen molar-refractivity contribution in [2.45, 2.75) is 17.8 Å². The van der Waals surface area contributed by atoms with E-state index in [1.165, 1.54) is 29.2 Å². The second-order valence-corrected chi connectivity index (χ2v) is 11.2. The number of aromatic nitrogens is 5. The van der Waals surface area contributed by atoms with E-state index in [0.717, 1.165) is 32.8 Å². The summed E-state index contributed by atoms with van der Waals surface area (Å²) in [6.07, 6.45) is 3.51. The van der Waals surface area contributed by atoms with Crippen LogP contribution in [-0.4, -0.2) is 61.7 Å². The highest BCUT2D eigenvalue weighted by Gasteiger charge is 2.25. The number of carbonyl (C=O) groups is 1. The monoisotopic (exact) mass is 571 g/mol. The van der Waals surface area contributed by atoms with E-state index in [0.29, 0.717) is 43.3 Å². The number of para-hydroxylation sites is 2. The molecule has 1 aliphatic heterocycles. The highest BCUT2D eigenvalue weighted by atomic mass is 32.2. The van der Waals surface area contributed by atoms with Crippen LogP contribution >= 0.6 is 23.1 Å². The SMILES string of the molecule is Cc1ccccc1-n1c(SCc2nc(C(=O)N3CCN(c4ccccc4F)CC3)cs2)nnc1-c1cccnc1. The molecule has 1 aliphatic rings. The van der Waals surface area contributed by atoms with Gasteiger partial charge in [-0.2, -0.15) is 0 Å². The van der Waals surface area contributed by atoms with Gasteiger partial charge in [0, 0.05) is 49.5 Å². The lowest BCUT2D eigenvalue weighted by Crippen LogP contribution is -2.49. The highest BCUT2D eigenvalue weighted by molar-refractivity contribution is 7.98. The molecular formula is C29H26FN7OS2. The summed E-state index contributed by atoms with van der Waals surface area (Å²) >= 11 is 2.99. The number of amides is 1. The Morgan fingerprint density at radius 1 is 0.975 bits per heavy atom. The molecule has 0 saturated carbocycles. The lowest BCUT2D eigenvalue weighted by atomic mass is 10.2. The number of halogens is 1. The Kier molecular flexibility index (Phi) is 7.56. The summed E-state index contributed by atoms with van der Waals surface area (Å²) in [6, 6.07) is 18.7. The number of hydrogen-bond donors (Lipinski definition) is 0. The molecule has 0 N–H and O–H groups in total. The molecule has 0 bridgehead atoms. The number of hydrogen-bond acceptors (Lipinski definition) is 8. The Balaban J connectivity index is 1.15. The Labute approximate surface area is 239 Å². The first-order chi connectivity index (χ1) is 19.6. The fraction of sp³-hybridized carbons (Fsp3) is 0.207. The molecule has 4 heterocycles. The second-order valence-electron chi connectivity index (χ2n) is 9.32. The molecule has 6 rings (SSSR count). The van der Waals surface area contributed by atoms with Gasteiger partial charge < -0.3 is 9.80 Å². The summed E-state index contributed by atoms with van der Waals surface area (Å²) in [6.45, 7) is 4.25. The number of pyridine rings is 1. The van der Waals surface area contributed by atoms with Crippen molar-refractivity contribution < 1.29 is 9.18 Å². The molecule has 40 heavy (non-hydrogen) atoms. The zero-order valence-electron chi connectivity index (χ0n) is 21.8. The summed E-state index contributed by atoms with van der Waals surface area (Å²) in [5, 5.41) is 12.4. The van der Waals surface area contributed by atoms with Crippen molar-refractivity contribution in [1.29, 1.82) is 0 Å². The molecule has 0 radical (unpaired) electrons. The largest absolute Gasteiger partial charge is 0.366 e. The van der Waals surface area contributed by atoms with Crippen LogP contribution in [-0.2, 0) is 5.75 Å². The van der Waals surface area contributed by atoms with Crippen LogP contribution in [0.25, 0.3) is 17.1 Å². The molecule has 2 aromatic carbocycles. The molecule has 1 saturated heterocycles. The smallest absolute Gasteiger partial charge is 0.273 e. The lowest BCUT2D eigenvalue weighted by Gasteiger charge is -2.35. The predicted octanol–water partition coefficient (Wildman–Crippen LogP) is 5.49. The highest BCUT2D eigenvalue weighted by Crippen LogP contribution is 2.31. The molecule has 202 valence electrons. The number of thiazole rings is 1. The van der Waals surface area contributed by atoms with E-state index >= 15 is 0 Å². The minimum Gasteiger partial charge on any atom is -0.366 e. The van der Waals surface area contributed by atoms with Crippen molar-refractivity contribution in [3.63, 3.8) is 0 Å². The fourth-order valence-electron chi connectivity index (χ4n) is 4.70. The number of carbonyl (C=O) groups excluding carboxylic acids is 1. The Bertz CT molecular complexity index is 1630. The van der Waals surface area contributed by atoms with Gasteiger partial charge in [-0.25, -0.2) is 9.37 Å². The molecule has 3 aromatic heterocycles. The van der Waals surface area contributed by atoms with Crippen LogP contribution in [0.1, 0.15) is 21.1 Å². The Hall–Kier alpha value is -4.09. The van der Waals surface area contributed by atoms with Gasteiger partial charge in [-0.3, -0.25) is 14.3 Å². The molecule has 1 amide bonds. The summed E-state index contributed by atoms with van der Waals surface area (Å²) in [4.78, 5) is 25.8. The zero-order chi connectivity index (χ0) is 27.5. The van der Waals surface area contributed by atoms with E-state index in [9.17, 15) is 9.18 Å². The van der Waals surface area contributed by atoms with Gasteiger partial charge in [-0.1, -0.05) is 42.1 Å². The minimum atomic E-state index is -0.241. The molecule has 8 nitrogen and oxygen atoms in total. The molecular weight excluding hydrogens is 545 g/mol. The van der Waals surface area contributed by atoms with Crippen molar-refractivity contribution >= 4 is 34.7 Å². The third kappa shape index (κ3) is 5.34. The van der Waals surface area contributed by atoms with Gasteiger partial charge in [-0.15, -0.1) is 21.5 Å². The maximum atomic E-state index is 14.2. The summed E-state index contributed by atoms with van der Waals surface area (Å²) < 4.78 is 16.2. The van der Waals surface area contributed by atoms with Gasteiger partial charge in [0.15, 0.2) is 11.0 Å². The average Bonchev–Trinajstić information content (AvgIpc) is 3.64. The maximum absolute atomic E-state index is 14.2. The van der Waals surface area contributed by atoms with E-state index in [1.807, 2.05) is 45.2 Å². The number of piperazine rings is 1. The normalized spacial score (nSPS) is 13.6. The standard InChI is InChI=1S/C29H26FN7OS2/c1-20-7-2-4-10-24(20)37-27(21-8-6-12-31-17-21)33-34-29(37)40-19-26-32-23(18-39-26)28(38)36-15-13-35(14-16-36)25-11-5-3-9-22(25)30/h2-12,17-18H,13-16,19H2,1H3. The van der Waals surface area contributed by atoms with E-state index in [4.69, 9.17) is 0 Å². The number of aryl methyl sites for hydroxylation is 1. The van der Waals surface area contributed by atoms with Gasteiger partial charge in [0.25, 0.3) is 5.91 Å². The predicted molar refractivity (Wildman–Crippen MR) is 156 cm³/mol. The van der Waals surface area contributed by atoms with Gasteiger partial charge >= 0.3 is 0 Å². The van der Waals surface area contributed by atoms with E-state index < -0.39 is 0 Å². The Morgan fingerprint density at radius 3 is 2.50 bits per heavy atom. The first-order valence-electron chi connectivity index (χ1n) is 12.9. The van der Waals surface area contributed by atoms with Crippen LogP contribution in [0.3, 0.4) is 0 Å². The van der Waals surface area contributed by atoms with Gasteiger partial charge in [0.1, 0.15) is 16.5 Å². The number of thioether (sulfide) groups is 1. The van der Waals surface area contributed by atoms with Crippen LogP contribution in [0.5, 0.6) is 0 Å². The first kappa shape index (κ1) is 26.1. The van der Waals surface area contributed by atoms with Gasteiger partial charge in [-0.05, 0) is 42.8 Å². The fourth-order valence-corrected chi connectivity index (χ4v) is 6.43. The Morgan fingerprint density at radius 2 is 1.75 bits per heavy atom. The number of nitrogens with zero attached hydrogens (tertiary/aromatic N) is 7. The number of benzene rings is 2. The van der Waals surface area contributed by atoms with Crippen LogP contribution in [0.2, 0.25) is 0 Å². The van der Waals surface area contributed by atoms with Crippen molar-refractivity contribution in [3.8, 4) is 17.1 Å². The molecule has 5 aromatic rings. The number of rotatable bonds is 7. The maximum Gasteiger partial charge on any atom is 0.273 e. The van der Waals surface area contributed by atoms with E-state index in [2.05, 4.69) is 39.2 Å². The molecule has 1 fully saturated rings. The molecule has 0 atom stereocenters. The van der Waals surface area contributed by atoms with Gasteiger partial charge in [0.05, 0.1) is 17.1 Å². The van der Waals surface area contributed by atoms with Crippen LogP contribution in [0, 0.1) is 12.7 Å². The summed E-state index contributed by atoms with van der Waals surface area (Å²) in [5.74, 6) is 0.933. The second kappa shape index (κ2) is 11.6. The van der Waals surface area contributed by atoms with Crippen molar-refractivity contribution in [3.05, 3.63) is 101 Å². The quantitative estimate of drug-likeness (QED) is 0.239. The molecule has 0 aliphatic carbocycles. The van der Waals surface area contributed by atoms with E-state index in [1.54, 1.807) is 29.4 Å². The first-order valence-corrected chi connectivity index (χ1v) is 14.7. The van der Waals surface area contributed by atoms with Crippen LogP contribution < -0.4 is 4.90 Å². The van der Waals surface area contributed by atoms with Crippen molar-refractivity contribution in [2.75, 3.05) is 31.1 Å². The van der Waals surface area contributed by atoms with Crippen molar-refractivity contribution in [2.24, 2.45) is 0 Å².